The zero-order valence-electron chi connectivity index (χ0n) is 14.1. The molecule has 1 fully saturated rings. The van der Waals surface area contributed by atoms with Crippen LogP contribution in [0.1, 0.15) is 12.8 Å². The van der Waals surface area contributed by atoms with Gasteiger partial charge in [-0.15, -0.1) is 0 Å². The molecule has 10 heteroatoms. The highest BCUT2D eigenvalue weighted by molar-refractivity contribution is 7.89. The van der Waals surface area contributed by atoms with Gasteiger partial charge in [-0.2, -0.15) is 4.98 Å². The van der Waals surface area contributed by atoms with E-state index < -0.39 is 10.0 Å². The number of halogens is 1. The molecule has 0 amide bonds. The highest BCUT2D eigenvalue weighted by Crippen LogP contribution is 2.23. The number of methoxy groups -OCH3 is 1. The number of hydrogen-bond acceptors (Lipinski definition) is 7. The summed E-state index contributed by atoms with van der Waals surface area (Å²) in [6.07, 6.45) is 2.77. The molecule has 0 unspecified atom stereocenters. The first-order chi connectivity index (χ1) is 12.5. The minimum Gasteiger partial charge on any atom is -0.480 e. The number of sulfonamides is 1. The predicted molar refractivity (Wildman–Crippen MR) is 97.5 cm³/mol. The van der Waals surface area contributed by atoms with Crippen LogP contribution in [0.5, 0.6) is 5.88 Å². The van der Waals surface area contributed by atoms with Crippen LogP contribution in [0.4, 0.5) is 11.6 Å². The quantitative estimate of drug-likeness (QED) is 0.769. The average Bonchev–Trinajstić information content (AvgIpc) is 2.64. The molecule has 0 saturated carbocycles. The SMILES string of the molecule is COc1nc(Nc2ccc(S(=O)(=O)NC3CCOCC3)cc2)ncc1Cl. The molecular weight excluding hydrogens is 380 g/mol. The number of anilines is 2. The third-order valence-corrected chi connectivity index (χ3v) is 5.66. The topological polar surface area (TPSA) is 102 Å². The van der Waals surface area contributed by atoms with E-state index in [2.05, 4.69) is 20.0 Å². The fraction of sp³-hybridized carbons (Fsp3) is 0.375. The van der Waals surface area contributed by atoms with Crippen molar-refractivity contribution in [1.82, 2.24) is 14.7 Å². The summed E-state index contributed by atoms with van der Waals surface area (Å²) >= 11 is 5.89. The summed E-state index contributed by atoms with van der Waals surface area (Å²) in [4.78, 5) is 8.37. The van der Waals surface area contributed by atoms with Crippen LogP contribution in [0, 0.1) is 0 Å². The van der Waals surface area contributed by atoms with Gasteiger partial charge in [-0.05, 0) is 37.1 Å². The molecule has 0 spiro atoms. The van der Waals surface area contributed by atoms with E-state index in [1.165, 1.54) is 25.4 Å². The van der Waals surface area contributed by atoms with Crippen LogP contribution in [-0.4, -0.2) is 44.8 Å². The van der Waals surface area contributed by atoms with Crippen molar-refractivity contribution in [3.8, 4) is 5.88 Å². The lowest BCUT2D eigenvalue weighted by Gasteiger charge is -2.23. The van der Waals surface area contributed by atoms with E-state index in [1.807, 2.05) is 0 Å². The normalized spacial score (nSPS) is 15.6. The number of nitrogens with one attached hydrogen (secondary N) is 2. The zero-order chi connectivity index (χ0) is 18.6. The summed E-state index contributed by atoms with van der Waals surface area (Å²) in [6.45, 7) is 1.14. The van der Waals surface area contributed by atoms with E-state index in [1.54, 1.807) is 12.1 Å². The Hall–Kier alpha value is -1.94. The second-order valence-electron chi connectivity index (χ2n) is 5.71. The van der Waals surface area contributed by atoms with E-state index in [0.29, 0.717) is 42.7 Å². The summed E-state index contributed by atoms with van der Waals surface area (Å²) in [5.41, 5.74) is 0.638. The van der Waals surface area contributed by atoms with Crippen molar-refractivity contribution in [2.75, 3.05) is 25.6 Å². The number of aromatic nitrogens is 2. The fourth-order valence-electron chi connectivity index (χ4n) is 2.50. The fourth-order valence-corrected chi connectivity index (χ4v) is 3.98. The van der Waals surface area contributed by atoms with Crippen LogP contribution >= 0.6 is 11.6 Å². The summed E-state index contributed by atoms with van der Waals surface area (Å²) in [5.74, 6) is 0.547. The largest absolute Gasteiger partial charge is 0.480 e. The molecule has 1 saturated heterocycles. The maximum absolute atomic E-state index is 12.5. The molecule has 0 atom stereocenters. The Balaban J connectivity index is 1.69. The molecule has 1 aliphatic heterocycles. The van der Waals surface area contributed by atoms with Crippen LogP contribution < -0.4 is 14.8 Å². The van der Waals surface area contributed by atoms with Gasteiger partial charge in [0.25, 0.3) is 0 Å². The van der Waals surface area contributed by atoms with Crippen molar-refractivity contribution in [2.45, 2.75) is 23.8 Å². The molecular formula is C16H19ClN4O4S. The van der Waals surface area contributed by atoms with Gasteiger partial charge >= 0.3 is 0 Å². The molecule has 140 valence electrons. The minimum absolute atomic E-state index is 0.0958. The minimum atomic E-state index is -3.57. The lowest BCUT2D eigenvalue weighted by Crippen LogP contribution is -2.38. The van der Waals surface area contributed by atoms with E-state index in [4.69, 9.17) is 21.1 Å². The molecule has 2 heterocycles. The highest BCUT2D eigenvalue weighted by atomic mass is 35.5. The Morgan fingerprint density at radius 1 is 1.23 bits per heavy atom. The van der Waals surface area contributed by atoms with E-state index in [9.17, 15) is 8.42 Å². The van der Waals surface area contributed by atoms with Gasteiger partial charge in [0, 0.05) is 24.9 Å². The van der Waals surface area contributed by atoms with Gasteiger partial charge in [-0.25, -0.2) is 18.1 Å². The lowest BCUT2D eigenvalue weighted by atomic mass is 10.1. The third-order valence-electron chi connectivity index (χ3n) is 3.87. The Morgan fingerprint density at radius 2 is 1.92 bits per heavy atom. The molecule has 8 nitrogen and oxygen atoms in total. The molecule has 2 N–H and O–H groups in total. The second-order valence-corrected chi connectivity index (χ2v) is 7.83. The Kier molecular flexibility index (Phi) is 5.92. The number of ether oxygens (including phenoxy) is 2. The Labute approximate surface area is 157 Å². The van der Waals surface area contributed by atoms with Crippen LogP contribution in [0.3, 0.4) is 0 Å². The zero-order valence-corrected chi connectivity index (χ0v) is 15.7. The first kappa shape index (κ1) is 18.8. The van der Waals surface area contributed by atoms with Crippen LogP contribution in [0.25, 0.3) is 0 Å². The number of nitrogens with zero attached hydrogens (tertiary/aromatic N) is 2. The van der Waals surface area contributed by atoms with Crippen LogP contribution in [-0.2, 0) is 14.8 Å². The highest BCUT2D eigenvalue weighted by Gasteiger charge is 2.22. The van der Waals surface area contributed by atoms with Crippen molar-refractivity contribution >= 4 is 33.3 Å². The van der Waals surface area contributed by atoms with Gasteiger partial charge in [-0.3, -0.25) is 0 Å². The molecule has 1 aromatic heterocycles. The molecule has 0 bridgehead atoms. The maximum atomic E-state index is 12.5. The molecule has 26 heavy (non-hydrogen) atoms. The van der Waals surface area contributed by atoms with Crippen molar-refractivity contribution < 1.29 is 17.9 Å². The van der Waals surface area contributed by atoms with Gasteiger partial charge in [-0.1, -0.05) is 11.6 Å². The molecule has 1 aromatic carbocycles. The lowest BCUT2D eigenvalue weighted by molar-refractivity contribution is 0.0832. The van der Waals surface area contributed by atoms with Crippen molar-refractivity contribution in [3.05, 3.63) is 35.5 Å². The molecule has 1 aliphatic rings. The maximum Gasteiger partial charge on any atom is 0.240 e. The van der Waals surface area contributed by atoms with E-state index in [0.717, 1.165) is 0 Å². The van der Waals surface area contributed by atoms with E-state index in [-0.39, 0.29) is 16.8 Å². The summed E-state index contributed by atoms with van der Waals surface area (Å²) < 4.78 is 37.9. The summed E-state index contributed by atoms with van der Waals surface area (Å²) in [6, 6.07) is 6.24. The molecule has 0 aliphatic carbocycles. The van der Waals surface area contributed by atoms with Gasteiger partial charge < -0.3 is 14.8 Å². The smallest absolute Gasteiger partial charge is 0.240 e. The number of rotatable bonds is 6. The average molecular weight is 399 g/mol. The summed E-state index contributed by atoms with van der Waals surface area (Å²) in [7, 11) is -2.11. The Morgan fingerprint density at radius 3 is 2.58 bits per heavy atom. The molecule has 2 aromatic rings. The van der Waals surface area contributed by atoms with Crippen molar-refractivity contribution in [3.63, 3.8) is 0 Å². The monoisotopic (exact) mass is 398 g/mol. The molecule has 0 radical (unpaired) electrons. The Bertz CT molecular complexity index is 855. The summed E-state index contributed by atoms with van der Waals surface area (Å²) in [5, 5.41) is 3.28. The van der Waals surface area contributed by atoms with Crippen LogP contribution in [0.2, 0.25) is 5.02 Å². The molecule has 3 rings (SSSR count). The first-order valence-electron chi connectivity index (χ1n) is 8.01. The first-order valence-corrected chi connectivity index (χ1v) is 9.88. The van der Waals surface area contributed by atoms with E-state index >= 15 is 0 Å². The predicted octanol–water partition coefficient (Wildman–Crippen LogP) is 2.34. The second kappa shape index (κ2) is 8.17. The van der Waals surface area contributed by atoms with Gasteiger partial charge in [0.15, 0.2) is 0 Å². The van der Waals surface area contributed by atoms with Crippen LogP contribution in [0.15, 0.2) is 35.4 Å². The van der Waals surface area contributed by atoms with Gasteiger partial charge in [0.05, 0.1) is 18.2 Å². The number of hydrogen-bond donors (Lipinski definition) is 2. The third kappa shape index (κ3) is 4.61. The number of benzene rings is 1. The van der Waals surface area contributed by atoms with Gasteiger partial charge in [0.1, 0.15) is 5.02 Å². The van der Waals surface area contributed by atoms with Crippen molar-refractivity contribution in [1.29, 1.82) is 0 Å². The van der Waals surface area contributed by atoms with Crippen molar-refractivity contribution in [2.24, 2.45) is 0 Å². The standard InChI is InChI=1S/C16H19ClN4O4S/c1-24-15-14(17)10-18-16(20-15)19-11-2-4-13(5-3-11)26(22,23)21-12-6-8-25-9-7-12/h2-5,10,12,21H,6-9H2,1H3,(H,18,19,20). The van der Waals surface area contributed by atoms with Gasteiger partial charge in [0.2, 0.25) is 21.9 Å².